The number of hydrogen-bond acceptors (Lipinski definition) is 4. The number of oxazole rings is 1. The molecule has 1 aromatic heterocycles. The van der Waals surface area contributed by atoms with Crippen LogP contribution in [-0.2, 0) is 0 Å². The molecule has 0 bridgehead atoms. The minimum atomic E-state index is -0.211. The average molecular weight is 267 g/mol. The van der Waals surface area contributed by atoms with Gasteiger partial charge < -0.3 is 15.5 Å². The number of nitrogens with one attached hydrogen (secondary N) is 1. The van der Waals surface area contributed by atoms with Crippen LogP contribution >= 0.6 is 0 Å². The number of rotatable bonds is 2. The van der Waals surface area contributed by atoms with E-state index in [0.717, 1.165) is 0 Å². The minimum Gasteiger partial charge on any atom is -0.441 e. The van der Waals surface area contributed by atoms with Crippen LogP contribution in [0.4, 0.5) is 11.4 Å². The van der Waals surface area contributed by atoms with E-state index in [9.17, 15) is 4.79 Å². The van der Waals surface area contributed by atoms with E-state index in [1.165, 1.54) is 0 Å². The Morgan fingerprint density at radius 3 is 2.90 bits per heavy atom. The SMILES string of the molecule is Cc1nc2cc(NC(=O)c3cccc(N)c3)ccc2o1. The number of nitrogen functional groups attached to an aromatic ring is 1. The Bertz CT molecular complexity index is 793. The first-order valence-corrected chi connectivity index (χ1v) is 6.16. The maximum absolute atomic E-state index is 12.1. The van der Waals surface area contributed by atoms with Crippen molar-refractivity contribution >= 4 is 28.4 Å². The summed E-state index contributed by atoms with van der Waals surface area (Å²) in [5.41, 5.74) is 8.81. The second kappa shape index (κ2) is 4.70. The summed E-state index contributed by atoms with van der Waals surface area (Å²) in [6, 6.07) is 12.2. The van der Waals surface area contributed by atoms with Crippen molar-refractivity contribution in [1.82, 2.24) is 4.98 Å². The highest BCUT2D eigenvalue weighted by Gasteiger charge is 2.08. The van der Waals surface area contributed by atoms with E-state index in [2.05, 4.69) is 10.3 Å². The van der Waals surface area contributed by atoms with E-state index in [-0.39, 0.29) is 5.91 Å². The second-order valence-corrected chi connectivity index (χ2v) is 4.49. The smallest absolute Gasteiger partial charge is 0.255 e. The first-order valence-electron chi connectivity index (χ1n) is 6.16. The van der Waals surface area contributed by atoms with Crippen molar-refractivity contribution in [2.24, 2.45) is 0 Å². The maximum Gasteiger partial charge on any atom is 0.255 e. The zero-order valence-electron chi connectivity index (χ0n) is 10.9. The van der Waals surface area contributed by atoms with Crippen molar-refractivity contribution in [3.8, 4) is 0 Å². The lowest BCUT2D eigenvalue weighted by Crippen LogP contribution is -2.11. The van der Waals surface area contributed by atoms with Gasteiger partial charge in [-0.3, -0.25) is 4.79 Å². The lowest BCUT2D eigenvalue weighted by molar-refractivity contribution is 0.102. The third-order valence-electron chi connectivity index (χ3n) is 2.90. The number of fused-ring (bicyclic) bond motifs is 1. The van der Waals surface area contributed by atoms with Crippen molar-refractivity contribution < 1.29 is 9.21 Å². The van der Waals surface area contributed by atoms with Gasteiger partial charge in [0, 0.05) is 23.9 Å². The Balaban J connectivity index is 1.87. The first-order chi connectivity index (χ1) is 9.61. The number of benzene rings is 2. The van der Waals surface area contributed by atoms with Crippen LogP contribution in [0.2, 0.25) is 0 Å². The molecule has 5 heteroatoms. The molecule has 100 valence electrons. The summed E-state index contributed by atoms with van der Waals surface area (Å²) in [7, 11) is 0. The lowest BCUT2D eigenvalue weighted by Gasteiger charge is -2.05. The highest BCUT2D eigenvalue weighted by atomic mass is 16.3. The fourth-order valence-electron chi connectivity index (χ4n) is 2.00. The molecule has 0 aliphatic heterocycles. The molecule has 1 heterocycles. The van der Waals surface area contributed by atoms with Gasteiger partial charge in [-0.2, -0.15) is 0 Å². The van der Waals surface area contributed by atoms with E-state index in [1.807, 2.05) is 0 Å². The van der Waals surface area contributed by atoms with Crippen LogP contribution < -0.4 is 11.1 Å². The Kier molecular flexibility index (Phi) is 2.87. The molecule has 3 N–H and O–H groups in total. The second-order valence-electron chi connectivity index (χ2n) is 4.49. The fourth-order valence-corrected chi connectivity index (χ4v) is 2.00. The van der Waals surface area contributed by atoms with Crippen LogP contribution in [0.25, 0.3) is 11.1 Å². The van der Waals surface area contributed by atoms with Crippen molar-refractivity contribution in [2.75, 3.05) is 11.1 Å². The van der Waals surface area contributed by atoms with Crippen LogP contribution in [0.3, 0.4) is 0 Å². The quantitative estimate of drug-likeness (QED) is 0.699. The predicted molar refractivity (Wildman–Crippen MR) is 77.6 cm³/mol. The molecule has 3 aromatic rings. The number of nitrogens with two attached hydrogens (primary N) is 1. The van der Waals surface area contributed by atoms with E-state index in [1.54, 1.807) is 49.4 Å². The number of hydrogen-bond donors (Lipinski definition) is 2. The molecule has 0 aliphatic rings. The zero-order chi connectivity index (χ0) is 14.1. The lowest BCUT2D eigenvalue weighted by atomic mass is 10.2. The predicted octanol–water partition coefficient (Wildman–Crippen LogP) is 2.97. The van der Waals surface area contributed by atoms with E-state index in [4.69, 9.17) is 10.2 Å². The molecule has 0 atom stereocenters. The Morgan fingerprint density at radius 2 is 2.10 bits per heavy atom. The van der Waals surface area contributed by atoms with E-state index in [0.29, 0.717) is 33.9 Å². The van der Waals surface area contributed by atoms with Gasteiger partial charge in [0.25, 0.3) is 5.91 Å². The van der Waals surface area contributed by atoms with Gasteiger partial charge in [-0.15, -0.1) is 0 Å². The Hall–Kier alpha value is -2.82. The van der Waals surface area contributed by atoms with Crippen molar-refractivity contribution in [1.29, 1.82) is 0 Å². The molecule has 0 unspecified atom stereocenters. The maximum atomic E-state index is 12.1. The van der Waals surface area contributed by atoms with Crippen molar-refractivity contribution in [3.05, 3.63) is 53.9 Å². The average Bonchev–Trinajstić information content (AvgIpc) is 2.78. The summed E-state index contributed by atoms with van der Waals surface area (Å²) in [4.78, 5) is 16.3. The van der Waals surface area contributed by atoms with E-state index < -0.39 is 0 Å². The molecule has 0 saturated carbocycles. The number of nitrogens with zero attached hydrogens (tertiary/aromatic N) is 1. The van der Waals surface area contributed by atoms with Gasteiger partial charge >= 0.3 is 0 Å². The van der Waals surface area contributed by atoms with Crippen LogP contribution in [0, 0.1) is 6.92 Å². The summed E-state index contributed by atoms with van der Waals surface area (Å²) in [6.07, 6.45) is 0. The van der Waals surface area contributed by atoms with Crippen molar-refractivity contribution in [3.63, 3.8) is 0 Å². The van der Waals surface area contributed by atoms with E-state index >= 15 is 0 Å². The van der Waals surface area contributed by atoms with Gasteiger partial charge in [0.05, 0.1) is 0 Å². The Morgan fingerprint density at radius 1 is 1.25 bits per heavy atom. The van der Waals surface area contributed by atoms with Gasteiger partial charge in [0.1, 0.15) is 5.52 Å². The summed E-state index contributed by atoms with van der Waals surface area (Å²) < 4.78 is 5.39. The number of aryl methyl sites for hydroxylation is 1. The summed E-state index contributed by atoms with van der Waals surface area (Å²) in [5.74, 6) is 0.385. The number of carbonyl (C=O) groups is 1. The molecular formula is C15H13N3O2. The number of anilines is 2. The third kappa shape index (κ3) is 2.33. The first kappa shape index (κ1) is 12.2. The standard InChI is InChI=1S/C15H13N3O2/c1-9-17-13-8-12(5-6-14(13)20-9)18-15(19)10-3-2-4-11(16)7-10/h2-8H,16H2,1H3,(H,18,19). The van der Waals surface area contributed by atoms with Crippen LogP contribution in [0.1, 0.15) is 16.2 Å². The molecule has 20 heavy (non-hydrogen) atoms. The number of aromatic nitrogens is 1. The van der Waals surface area contributed by atoms with Gasteiger partial charge in [-0.25, -0.2) is 4.98 Å². The number of amides is 1. The minimum absolute atomic E-state index is 0.211. The topological polar surface area (TPSA) is 81.2 Å². The summed E-state index contributed by atoms with van der Waals surface area (Å²) in [6.45, 7) is 1.78. The molecule has 2 aromatic carbocycles. The third-order valence-corrected chi connectivity index (χ3v) is 2.90. The molecule has 1 amide bonds. The molecule has 0 saturated heterocycles. The molecule has 0 spiro atoms. The van der Waals surface area contributed by atoms with Crippen molar-refractivity contribution in [2.45, 2.75) is 6.92 Å². The van der Waals surface area contributed by atoms with Crippen LogP contribution in [0.5, 0.6) is 0 Å². The largest absolute Gasteiger partial charge is 0.441 e. The molecule has 0 aliphatic carbocycles. The van der Waals surface area contributed by atoms with Gasteiger partial charge in [0.15, 0.2) is 11.5 Å². The fraction of sp³-hybridized carbons (Fsp3) is 0.0667. The summed E-state index contributed by atoms with van der Waals surface area (Å²) in [5, 5.41) is 2.81. The normalized spacial score (nSPS) is 10.7. The molecule has 3 rings (SSSR count). The van der Waals surface area contributed by atoms with Crippen LogP contribution in [-0.4, -0.2) is 10.9 Å². The van der Waals surface area contributed by atoms with Gasteiger partial charge in [-0.1, -0.05) is 6.07 Å². The van der Waals surface area contributed by atoms with Gasteiger partial charge in [0.2, 0.25) is 0 Å². The Labute approximate surface area is 115 Å². The molecule has 5 nitrogen and oxygen atoms in total. The summed E-state index contributed by atoms with van der Waals surface area (Å²) >= 11 is 0. The monoisotopic (exact) mass is 267 g/mol. The zero-order valence-corrected chi connectivity index (χ0v) is 10.9. The highest BCUT2D eigenvalue weighted by Crippen LogP contribution is 2.20. The molecule has 0 fully saturated rings. The van der Waals surface area contributed by atoms with Crippen LogP contribution in [0.15, 0.2) is 46.9 Å². The highest BCUT2D eigenvalue weighted by molar-refractivity contribution is 6.05. The molecule has 0 radical (unpaired) electrons. The van der Waals surface area contributed by atoms with Gasteiger partial charge in [-0.05, 0) is 36.4 Å². The molecular weight excluding hydrogens is 254 g/mol. The number of carbonyl (C=O) groups excluding carboxylic acids is 1.